The number of carbonyl (C=O) groups excluding carboxylic acids is 2. The summed E-state index contributed by atoms with van der Waals surface area (Å²) >= 11 is 0. The van der Waals surface area contributed by atoms with Crippen LogP contribution in [0.1, 0.15) is 47.1 Å². The van der Waals surface area contributed by atoms with Crippen molar-refractivity contribution in [1.29, 1.82) is 0 Å². The number of rotatable bonds is 2. The van der Waals surface area contributed by atoms with Crippen molar-refractivity contribution in [1.82, 2.24) is 4.90 Å². The van der Waals surface area contributed by atoms with Gasteiger partial charge in [-0.15, -0.1) is 0 Å². The summed E-state index contributed by atoms with van der Waals surface area (Å²) in [6, 6.07) is 5.03. The van der Waals surface area contributed by atoms with Crippen LogP contribution >= 0.6 is 0 Å². The third-order valence-electron chi connectivity index (χ3n) is 2.79. The number of amides is 2. The van der Waals surface area contributed by atoms with Gasteiger partial charge in [0, 0.05) is 0 Å². The molecule has 134 valence electrons. The molecule has 0 aliphatic carbocycles. The molecule has 0 aliphatic rings. The number of ether oxygens (including phenoxy) is 2. The Morgan fingerprint density at radius 1 is 0.958 bits per heavy atom. The zero-order chi connectivity index (χ0) is 18.7. The lowest BCUT2D eigenvalue weighted by Crippen LogP contribution is -2.43. The molecule has 0 aromatic heterocycles. The van der Waals surface area contributed by atoms with E-state index in [9.17, 15) is 9.59 Å². The zero-order valence-electron chi connectivity index (χ0n) is 15.2. The number of hydrogen-bond acceptors (Lipinski definition) is 6. The maximum absolute atomic E-state index is 12.4. The first-order valence-electron chi connectivity index (χ1n) is 7.66. The molecule has 0 spiro atoms. The number of anilines is 2. The lowest BCUT2D eigenvalue weighted by Gasteiger charge is -2.29. The van der Waals surface area contributed by atoms with Gasteiger partial charge in [-0.1, -0.05) is 12.1 Å². The minimum absolute atomic E-state index is 0.0965. The predicted octanol–water partition coefficient (Wildman–Crippen LogP) is 3.52. The largest absolute Gasteiger partial charge is 0.443 e. The molecule has 24 heavy (non-hydrogen) atoms. The third-order valence-corrected chi connectivity index (χ3v) is 2.79. The summed E-state index contributed by atoms with van der Waals surface area (Å²) in [5.41, 5.74) is 11.4. The Bertz CT molecular complexity index is 587. The average Bonchev–Trinajstić information content (AvgIpc) is 2.36. The molecule has 1 aromatic carbocycles. The van der Waals surface area contributed by atoms with Gasteiger partial charge in [-0.2, -0.15) is 0 Å². The van der Waals surface area contributed by atoms with E-state index in [1.807, 2.05) is 0 Å². The van der Waals surface area contributed by atoms with Gasteiger partial charge in [-0.3, -0.25) is 0 Å². The lowest BCUT2D eigenvalue weighted by atomic mass is 10.1. The van der Waals surface area contributed by atoms with E-state index >= 15 is 0 Å². The quantitative estimate of drug-likeness (QED) is 0.799. The van der Waals surface area contributed by atoms with E-state index in [1.54, 1.807) is 59.7 Å². The van der Waals surface area contributed by atoms with E-state index in [4.69, 9.17) is 20.9 Å². The molecule has 0 saturated carbocycles. The van der Waals surface area contributed by atoms with Crippen LogP contribution in [-0.4, -0.2) is 28.3 Å². The predicted molar refractivity (Wildman–Crippen MR) is 93.3 cm³/mol. The summed E-state index contributed by atoms with van der Waals surface area (Å²) < 4.78 is 10.6. The monoisotopic (exact) mass is 337 g/mol. The summed E-state index contributed by atoms with van der Waals surface area (Å²) in [4.78, 5) is 25.7. The van der Waals surface area contributed by atoms with Gasteiger partial charge in [-0.25, -0.2) is 14.5 Å². The fourth-order valence-electron chi connectivity index (χ4n) is 1.78. The molecule has 7 nitrogen and oxygen atoms in total. The highest BCUT2D eigenvalue weighted by Gasteiger charge is 2.31. The summed E-state index contributed by atoms with van der Waals surface area (Å²) in [6.07, 6.45) is -1.61. The number of nitrogens with two attached hydrogens (primary N) is 2. The normalized spacial score (nSPS) is 11.8. The van der Waals surface area contributed by atoms with E-state index in [-0.39, 0.29) is 6.54 Å². The molecule has 2 amide bonds. The van der Waals surface area contributed by atoms with E-state index < -0.39 is 23.4 Å². The van der Waals surface area contributed by atoms with Crippen molar-refractivity contribution in [2.75, 3.05) is 11.5 Å². The van der Waals surface area contributed by atoms with Crippen molar-refractivity contribution < 1.29 is 19.1 Å². The molecule has 0 heterocycles. The van der Waals surface area contributed by atoms with Gasteiger partial charge in [-0.05, 0) is 53.2 Å². The fourth-order valence-corrected chi connectivity index (χ4v) is 1.78. The van der Waals surface area contributed by atoms with Crippen LogP contribution in [0.4, 0.5) is 21.0 Å². The van der Waals surface area contributed by atoms with Gasteiger partial charge in [0.1, 0.15) is 11.2 Å². The van der Waals surface area contributed by atoms with Gasteiger partial charge < -0.3 is 20.9 Å². The summed E-state index contributed by atoms with van der Waals surface area (Å²) in [5, 5.41) is 0. The first-order chi connectivity index (χ1) is 10.8. The van der Waals surface area contributed by atoms with Crippen LogP contribution in [0.25, 0.3) is 0 Å². The smallest absolute Gasteiger partial charge is 0.420 e. The summed E-state index contributed by atoms with van der Waals surface area (Å²) in [5.74, 6) is 0. The zero-order valence-corrected chi connectivity index (χ0v) is 15.2. The molecule has 0 atom stereocenters. The average molecular weight is 337 g/mol. The van der Waals surface area contributed by atoms with Crippen LogP contribution in [0.2, 0.25) is 0 Å². The Balaban J connectivity index is 3.11. The number of benzene rings is 1. The van der Waals surface area contributed by atoms with Gasteiger partial charge in [0.25, 0.3) is 0 Å². The van der Waals surface area contributed by atoms with Crippen molar-refractivity contribution in [3.8, 4) is 0 Å². The third kappa shape index (κ3) is 5.98. The first-order valence-corrected chi connectivity index (χ1v) is 7.66. The molecular weight excluding hydrogens is 310 g/mol. The maximum atomic E-state index is 12.4. The highest BCUT2D eigenvalue weighted by Crippen LogP contribution is 2.23. The molecule has 0 aliphatic heterocycles. The van der Waals surface area contributed by atoms with Crippen molar-refractivity contribution >= 4 is 23.6 Å². The fraction of sp³-hybridized carbons (Fsp3) is 0.529. The van der Waals surface area contributed by atoms with Crippen LogP contribution < -0.4 is 11.5 Å². The second-order valence-corrected chi connectivity index (χ2v) is 7.47. The van der Waals surface area contributed by atoms with Crippen molar-refractivity contribution in [3.05, 3.63) is 23.8 Å². The van der Waals surface area contributed by atoms with Crippen molar-refractivity contribution in [3.63, 3.8) is 0 Å². The molecule has 0 saturated heterocycles. The van der Waals surface area contributed by atoms with Crippen LogP contribution in [0.5, 0.6) is 0 Å². The number of nitrogens with zero attached hydrogens (tertiary/aromatic N) is 1. The number of hydrogen-bond donors (Lipinski definition) is 2. The van der Waals surface area contributed by atoms with Crippen LogP contribution in [0.3, 0.4) is 0 Å². The van der Waals surface area contributed by atoms with E-state index in [2.05, 4.69) is 0 Å². The summed E-state index contributed by atoms with van der Waals surface area (Å²) in [7, 11) is 0. The molecule has 0 bridgehead atoms. The van der Waals surface area contributed by atoms with Gasteiger partial charge in [0.2, 0.25) is 0 Å². The summed E-state index contributed by atoms with van der Waals surface area (Å²) in [6.45, 7) is 10.2. The van der Waals surface area contributed by atoms with Crippen molar-refractivity contribution in [2.45, 2.75) is 59.3 Å². The Morgan fingerprint density at radius 3 is 1.83 bits per heavy atom. The Morgan fingerprint density at radius 2 is 1.42 bits per heavy atom. The Hall–Kier alpha value is -2.44. The molecule has 0 radical (unpaired) electrons. The molecule has 0 fully saturated rings. The number of imide groups is 1. The molecular formula is C17H27N3O4. The van der Waals surface area contributed by atoms with E-state index in [0.29, 0.717) is 16.9 Å². The van der Waals surface area contributed by atoms with Gasteiger partial charge in [0.05, 0.1) is 17.9 Å². The van der Waals surface area contributed by atoms with Crippen LogP contribution in [-0.2, 0) is 16.0 Å². The number of para-hydroxylation sites is 1. The lowest BCUT2D eigenvalue weighted by molar-refractivity contribution is -0.000196. The SMILES string of the molecule is CC(C)(C)OC(=O)N(Cc1cccc(N)c1N)C(=O)OC(C)(C)C. The molecule has 1 aromatic rings. The van der Waals surface area contributed by atoms with Crippen molar-refractivity contribution in [2.24, 2.45) is 0 Å². The Labute approximate surface area is 142 Å². The van der Waals surface area contributed by atoms with Crippen LogP contribution in [0, 0.1) is 0 Å². The highest BCUT2D eigenvalue weighted by molar-refractivity contribution is 5.88. The van der Waals surface area contributed by atoms with Crippen LogP contribution in [0.15, 0.2) is 18.2 Å². The molecule has 1 rings (SSSR count). The maximum Gasteiger partial charge on any atom is 0.420 e. The topological polar surface area (TPSA) is 108 Å². The van der Waals surface area contributed by atoms with Gasteiger partial charge in [0.15, 0.2) is 0 Å². The highest BCUT2D eigenvalue weighted by atomic mass is 16.6. The minimum atomic E-state index is -0.807. The number of carbonyl (C=O) groups is 2. The minimum Gasteiger partial charge on any atom is -0.443 e. The Kier molecular flexibility index (Phi) is 5.71. The standard InChI is InChI=1S/C17H27N3O4/c1-16(2,3)23-14(21)20(15(22)24-17(4,5)6)10-11-8-7-9-12(18)13(11)19/h7-9H,10,18-19H2,1-6H3. The number of nitrogen functional groups attached to an aromatic ring is 2. The second kappa shape index (κ2) is 6.98. The van der Waals surface area contributed by atoms with E-state index in [0.717, 1.165) is 4.90 Å². The van der Waals surface area contributed by atoms with Gasteiger partial charge >= 0.3 is 12.2 Å². The van der Waals surface area contributed by atoms with E-state index in [1.165, 1.54) is 0 Å². The first kappa shape index (κ1) is 19.6. The molecule has 0 unspecified atom stereocenters. The second-order valence-electron chi connectivity index (χ2n) is 7.47. The molecule has 7 heteroatoms. The molecule has 4 N–H and O–H groups in total.